The molecule has 7 nitrogen and oxygen atoms in total. The van der Waals surface area contributed by atoms with Crippen LogP contribution in [-0.2, 0) is 19.1 Å². The van der Waals surface area contributed by atoms with E-state index in [1.54, 1.807) is 21.1 Å². The van der Waals surface area contributed by atoms with E-state index in [9.17, 15) is 19.5 Å². The minimum Gasteiger partial charge on any atom is -0.550 e. The molecule has 19 heavy (non-hydrogen) atoms. The fraction of sp³-hybridized carbons (Fsp3) is 0.727. The lowest BCUT2D eigenvalue weighted by Crippen LogP contribution is -2.58. The van der Waals surface area contributed by atoms with Crippen LogP contribution in [0.25, 0.3) is 0 Å². The van der Waals surface area contributed by atoms with E-state index in [1.165, 1.54) is 6.92 Å². The molecule has 0 aliphatic carbocycles. The Morgan fingerprint density at radius 1 is 1.26 bits per heavy atom. The van der Waals surface area contributed by atoms with Crippen molar-refractivity contribution in [3.8, 4) is 0 Å². The van der Waals surface area contributed by atoms with Gasteiger partial charge in [-0.25, -0.2) is 0 Å². The van der Waals surface area contributed by atoms with Crippen molar-refractivity contribution < 1.29 is 28.7 Å². The maximum atomic E-state index is 11.7. The fourth-order valence-electron chi connectivity index (χ4n) is 1.69. The van der Waals surface area contributed by atoms with E-state index in [-0.39, 0.29) is 23.4 Å². The van der Waals surface area contributed by atoms with Gasteiger partial charge in [0.2, 0.25) is 5.60 Å². The molecule has 0 bridgehead atoms. The molecule has 0 saturated carbocycles. The van der Waals surface area contributed by atoms with Crippen molar-refractivity contribution in [3.63, 3.8) is 0 Å². The number of aliphatic carboxylic acids is 1. The van der Waals surface area contributed by atoms with Crippen LogP contribution in [0.4, 0.5) is 0 Å². The molecule has 0 unspecified atom stereocenters. The molecule has 0 heterocycles. The van der Waals surface area contributed by atoms with E-state index < -0.39 is 36.3 Å². The van der Waals surface area contributed by atoms with Crippen LogP contribution in [-0.4, -0.2) is 62.0 Å². The minimum atomic E-state index is -1.73. The molecule has 8 heteroatoms. The van der Waals surface area contributed by atoms with Crippen LogP contribution in [0.2, 0.25) is 0 Å². The first kappa shape index (κ1) is 20.1. The highest BCUT2D eigenvalue weighted by Crippen LogP contribution is 2.21. The quantitative estimate of drug-likeness (QED) is 0.433. The topological polar surface area (TPSA) is 110 Å². The molecule has 0 rings (SSSR count). The van der Waals surface area contributed by atoms with Crippen molar-refractivity contribution in [2.24, 2.45) is 5.73 Å². The summed E-state index contributed by atoms with van der Waals surface area (Å²) in [6.07, 6.45) is -0.677. The summed E-state index contributed by atoms with van der Waals surface area (Å²) in [6, 6.07) is 0. The number of rotatable bonds is 7. The Labute approximate surface area is 118 Å². The molecule has 0 aromatic heterocycles. The van der Waals surface area contributed by atoms with Crippen LogP contribution in [0.15, 0.2) is 0 Å². The Hall–Kier alpha value is -1.18. The van der Waals surface area contributed by atoms with Gasteiger partial charge in [-0.2, -0.15) is 0 Å². The molecule has 0 radical (unpaired) electrons. The number of carbonyl (C=O) groups is 3. The van der Waals surface area contributed by atoms with Crippen LogP contribution >= 0.6 is 12.4 Å². The molecular weight excluding hydrogens is 276 g/mol. The number of hydrogen-bond donors (Lipinski definition) is 1. The van der Waals surface area contributed by atoms with Crippen molar-refractivity contribution in [1.29, 1.82) is 0 Å². The Kier molecular flexibility index (Phi) is 7.87. The normalized spacial score (nSPS) is 13.9. The summed E-state index contributed by atoms with van der Waals surface area (Å²) >= 11 is 0. The second kappa shape index (κ2) is 7.42. The van der Waals surface area contributed by atoms with Crippen molar-refractivity contribution in [3.05, 3.63) is 0 Å². The number of Topliss-reactive ketones (excluding diaryl/α,β-unsaturated/α-hetero) is 1. The lowest BCUT2D eigenvalue weighted by molar-refractivity contribution is -0.875. The second-order valence-corrected chi connectivity index (χ2v) is 5.23. The number of quaternary nitrogens is 1. The first-order chi connectivity index (χ1) is 8.02. The van der Waals surface area contributed by atoms with Crippen LogP contribution in [0, 0.1) is 0 Å². The Balaban J connectivity index is 0. The lowest BCUT2D eigenvalue weighted by Gasteiger charge is -2.37. The maximum Gasteiger partial charge on any atom is 0.320 e. The number of esters is 1. The van der Waals surface area contributed by atoms with Gasteiger partial charge >= 0.3 is 5.97 Å². The maximum absolute atomic E-state index is 11.7. The van der Waals surface area contributed by atoms with Gasteiger partial charge in [0.05, 0.1) is 27.7 Å². The second-order valence-electron chi connectivity index (χ2n) is 5.23. The number of ketones is 1. The first-order valence-electron chi connectivity index (χ1n) is 5.46. The molecule has 0 aliphatic heterocycles. The number of halogens is 1. The van der Waals surface area contributed by atoms with Crippen LogP contribution in [0.5, 0.6) is 0 Å². The van der Waals surface area contributed by atoms with E-state index in [1.807, 2.05) is 0 Å². The number of carboxylic acids is 1. The van der Waals surface area contributed by atoms with Crippen molar-refractivity contribution >= 4 is 30.1 Å². The Morgan fingerprint density at radius 2 is 1.74 bits per heavy atom. The highest BCUT2D eigenvalue weighted by molar-refractivity contribution is 5.91. The van der Waals surface area contributed by atoms with Gasteiger partial charge in [-0.1, -0.05) is 0 Å². The van der Waals surface area contributed by atoms with Crippen molar-refractivity contribution in [2.75, 3.05) is 34.2 Å². The van der Waals surface area contributed by atoms with E-state index in [4.69, 9.17) is 10.5 Å². The highest BCUT2D eigenvalue weighted by Gasteiger charge is 2.44. The number of carbonyl (C=O) groups excluding carboxylic acids is 3. The largest absolute Gasteiger partial charge is 0.550 e. The number of carboxylic acid groups (broad SMARTS) is 1. The number of likely N-dealkylation sites (N-methyl/N-ethyl adjacent to an activating group) is 1. The van der Waals surface area contributed by atoms with Gasteiger partial charge in [0, 0.05) is 12.4 Å². The molecule has 0 spiro atoms. The summed E-state index contributed by atoms with van der Waals surface area (Å²) in [6.45, 7) is 0.795. The number of hydrogen-bond acceptors (Lipinski definition) is 6. The molecule has 0 saturated heterocycles. The predicted molar refractivity (Wildman–Crippen MR) is 68.3 cm³/mol. The van der Waals surface area contributed by atoms with Gasteiger partial charge in [0.1, 0.15) is 6.54 Å². The zero-order valence-electron chi connectivity index (χ0n) is 11.6. The summed E-state index contributed by atoms with van der Waals surface area (Å²) in [5.41, 5.74) is 3.39. The van der Waals surface area contributed by atoms with Gasteiger partial charge in [0.15, 0.2) is 5.78 Å². The van der Waals surface area contributed by atoms with E-state index in [2.05, 4.69) is 0 Å². The summed E-state index contributed by atoms with van der Waals surface area (Å²) in [5, 5.41) is 10.8. The van der Waals surface area contributed by atoms with Gasteiger partial charge in [-0.05, 0) is 6.92 Å². The Bertz CT molecular complexity index is 353. The standard InChI is InChI=1S/C11H20N2O5.ClH/c1-8(14)11(5-9(15)16,7-13(2,3)4)18-10(17)6-12;/h5-7,12H2,1-4H3;1H/t11-;/m1./s1. The Morgan fingerprint density at radius 3 is 2.00 bits per heavy atom. The average molecular weight is 297 g/mol. The van der Waals surface area contributed by atoms with E-state index in [0.717, 1.165) is 0 Å². The van der Waals surface area contributed by atoms with Crippen molar-refractivity contribution in [2.45, 2.75) is 18.9 Å². The summed E-state index contributed by atoms with van der Waals surface area (Å²) in [4.78, 5) is 33.8. The zero-order chi connectivity index (χ0) is 14.6. The molecule has 1 atom stereocenters. The zero-order valence-corrected chi connectivity index (χ0v) is 12.4. The third-order valence-corrected chi connectivity index (χ3v) is 2.28. The summed E-state index contributed by atoms with van der Waals surface area (Å²) in [5.74, 6) is -2.81. The number of nitrogens with zero attached hydrogens (tertiary/aromatic N) is 1. The third-order valence-electron chi connectivity index (χ3n) is 2.28. The highest BCUT2D eigenvalue weighted by atomic mass is 35.5. The summed E-state index contributed by atoms with van der Waals surface area (Å²) in [7, 11) is 5.26. The smallest absolute Gasteiger partial charge is 0.320 e. The average Bonchev–Trinajstić information content (AvgIpc) is 2.13. The van der Waals surface area contributed by atoms with Gasteiger partial charge in [0.25, 0.3) is 0 Å². The van der Waals surface area contributed by atoms with Crippen molar-refractivity contribution in [1.82, 2.24) is 0 Å². The minimum absolute atomic E-state index is 0. The van der Waals surface area contributed by atoms with Crippen LogP contribution < -0.4 is 10.8 Å². The lowest BCUT2D eigenvalue weighted by atomic mass is 9.93. The molecular formula is C11H21ClN2O5. The van der Waals surface area contributed by atoms with Crippen LogP contribution in [0.3, 0.4) is 0 Å². The molecule has 0 amide bonds. The summed E-state index contributed by atoms with van der Waals surface area (Å²) < 4.78 is 5.24. The SMILES string of the molecule is CC(=O)[C@@](CC(=O)[O-])(C[N+](C)(C)C)OC(=O)CN.Cl. The first-order valence-corrected chi connectivity index (χ1v) is 5.46. The molecule has 0 aliphatic rings. The monoisotopic (exact) mass is 296 g/mol. The van der Waals surface area contributed by atoms with Gasteiger partial charge < -0.3 is 24.9 Å². The number of ether oxygens (including phenoxy) is 1. The van der Waals surface area contributed by atoms with Gasteiger partial charge in [-0.3, -0.25) is 9.59 Å². The molecule has 0 aromatic carbocycles. The molecule has 2 N–H and O–H groups in total. The molecule has 0 aromatic rings. The number of nitrogens with two attached hydrogens (primary N) is 1. The van der Waals surface area contributed by atoms with Crippen LogP contribution in [0.1, 0.15) is 13.3 Å². The molecule has 0 fully saturated rings. The third kappa shape index (κ3) is 7.09. The van der Waals surface area contributed by atoms with E-state index >= 15 is 0 Å². The van der Waals surface area contributed by atoms with E-state index in [0.29, 0.717) is 0 Å². The molecule has 112 valence electrons. The van der Waals surface area contributed by atoms with Gasteiger partial charge in [-0.15, -0.1) is 12.4 Å². The predicted octanol–water partition coefficient (Wildman–Crippen LogP) is -1.92. The fourth-order valence-corrected chi connectivity index (χ4v) is 1.69.